The van der Waals surface area contributed by atoms with Gasteiger partial charge in [0.1, 0.15) is 11.9 Å². The van der Waals surface area contributed by atoms with E-state index >= 15 is 0 Å². The third kappa shape index (κ3) is 1.70. The SMILES string of the molecule is Cc1cc(C(O)c2ccccc2)co1. The molecule has 1 atom stereocenters. The molecule has 0 aliphatic rings. The Morgan fingerprint density at radius 1 is 1.14 bits per heavy atom. The van der Waals surface area contributed by atoms with E-state index in [1.807, 2.05) is 43.3 Å². The summed E-state index contributed by atoms with van der Waals surface area (Å²) in [7, 11) is 0. The molecule has 0 aliphatic carbocycles. The molecule has 1 aromatic heterocycles. The lowest BCUT2D eigenvalue weighted by Crippen LogP contribution is -1.96. The van der Waals surface area contributed by atoms with Crippen LogP contribution in [0.15, 0.2) is 47.1 Å². The van der Waals surface area contributed by atoms with E-state index < -0.39 is 6.10 Å². The lowest BCUT2D eigenvalue weighted by molar-refractivity contribution is 0.219. The van der Waals surface area contributed by atoms with Crippen LogP contribution >= 0.6 is 0 Å². The van der Waals surface area contributed by atoms with Crippen LogP contribution in [0.2, 0.25) is 0 Å². The lowest BCUT2D eigenvalue weighted by atomic mass is 10.0. The molecule has 72 valence electrons. The fourth-order valence-corrected chi connectivity index (χ4v) is 1.43. The Kier molecular flexibility index (Phi) is 2.37. The molecule has 0 saturated carbocycles. The zero-order chi connectivity index (χ0) is 9.97. The summed E-state index contributed by atoms with van der Waals surface area (Å²) >= 11 is 0. The number of hydrogen-bond donors (Lipinski definition) is 1. The number of aryl methyl sites for hydroxylation is 1. The molecule has 14 heavy (non-hydrogen) atoms. The van der Waals surface area contributed by atoms with Gasteiger partial charge in [0.05, 0.1) is 6.26 Å². The highest BCUT2D eigenvalue weighted by atomic mass is 16.3. The number of hydrogen-bond acceptors (Lipinski definition) is 2. The summed E-state index contributed by atoms with van der Waals surface area (Å²) in [5.41, 5.74) is 1.68. The number of furan rings is 1. The van der Waals surface area contributed by atoms with Crippen molar-refractivity contribution >= 4 is 0 Å². The maximum absolute atomic E-state index is 9.95. The number of aliphatic hydroxyl groups excluding tert-OH is 1. The lowest BCUT2D eigenvalue weighted by Gasteiger charge is -2.07. The highest BCUT2D eigenvalue weighted by molar-refractivity contribution is 5.28. The van der Waals surface area contributed by atoms with E-state index in [0.29, 0.717) is 0 Å². The second-order valence-corrected chi connectivity index (χ2v) is 3.30. The van der Waals surface area contributed by atoms with Crippen LogP contribution in [-0.4, -0.2) is 5.11 Å². The summed E-state index contributed by atoms with van der Waals surface area (Å²) in [6.45, 7) is 1.86. The maximum atomic E-state index is 9.95. The molecule has 1 N–H and O–H groups in total. The molecular formula is C12H12O2. The summed E-state index contributed by atoms with van der Waals surface area (Å²) in [6, 6.07) is 11.4. The van der Waals surface area contributed by atoms with Crippen LogP contribution in [0.1, 0.15) is 23.0 Å². The van der Waals surface area contributed by atoms with Crippen LogP contribution in [0.25, 0.3) is 0 Å². The molecule has 1 heterocycles. The smallest absolute Gasteiger partial charge is 0.107 e. The maximum Gasteiger partial charge on any atom is 0.107 e. The van der Waals surface area contributed by atoms with Crippen LogP contribution in [0.5, 0.6) is 0 Å². The van der Waals surface area contributed by atoms with E-state index in [1.54, 1.807) is 6.26 Å². The van der Waals surface area contributed by atoms with E-state index in [0.717, 1.165) is 16.9 Å². The zero-order valence-corrected chi connectivity index (χ0v) is 7.97. The normalized spacial score (nSPS) is 12.7. The quantitative estimate of drug-likeness (QED) is 0.786. The molecule has 2 rings (SSSR count). The highest BCUT2D eigenvalue weighted by Gasteiger charge is 2.11. The summed E-state index contributed by atoms with van der Waals surface area (Å²) in [6.07, 6.45) is 1.00. The van der Waals surface area contributed by atoms with Crippen molar-refractivity contribution in [2.75, 3.05) is 0 Å². The molecule has 0 amide bonds. The molecular weight excluding hydrogens is 176 g/mol. The fourth-order valence-electron chi connectivity index (χ4n) is 1.43. The molecule has 0 spiro atoms. The number of benzene rings is 1. The van der Waals surface area contributed by atoms with E-state index in [2.05, 4.69) is 0 Å². The monoisotopic (exact) mass is 188 g/mol. The van der Waals surface area contributed by atoms with Crippen molar-refractivity contribution < 1.29 is 9.52 Å². The second kappa shape index (κ2) is 3.68. The molecule has 0 fully saturated rings. The van der Waals surface area contributed by atoms with E-state index in [4.69, 9.17) is 4.42 Å². The van der Waals surface area contributed by atoms with Crippen molar-refractivity contribution in [3.63, 3.8) is 0 Å². The summed E-state index contributed by atoms with van der Waals surface area (Å²) in [4.78, 5) is 0. The first-order chi connectivity index (χ1) is 6.77. The Balaban J connectivity index is 2.29. The summed E-state index contributed by atoms with van der Waals surface area (Å²) < 4.78 is 5.15. The zero-order valence-electron chi connectivity index (χ0n) is 7.97. The molecule has 2 nitrogen and oxygen atoms in total. The molecule has 0 radical (unpaired) electrons. The van der Waals surface area contributed by atoms with Crippen molar-refractivity contribution in [1.29, 1.82) is 0 Å². The van der Waals surface area contributed by atoms with Gasteiger partial charge < -0.3 is 9.52 Å². The second-order valence-electron chi connectivity index (χ2n) is 3.30. The van der Waals surface area contributed by atoms with Gasteiger partial charge in [0.2, 0.25) is 0 Å². The Morgan fingerprint density at radius 2 is 1.86 bits per heavy atom. The Morgan fingerprint density at radius 3 is 2.43 bits per heavy atom. The van der Waals surface area contributed by atoms with E-state index in [9.17, 15) is 5.11 Å². The van der Waals surface area contributed by atoms with Gasteiger partial charge in [0.25, 0.3) is 0 Å². The van der Waals surface area contributed by atoms with Crippen LogP contribution < -0.4 is 0 Å². The van der Waals surface area contributed by atoms with Crippen molar-refractivity contribution in [3.8, 4) is 0 Å². The van der Waals surface area contributed by atoms with Gasteiger partial charge in [-0.2, -0.15) is 0 Å². The third-order valence-electron chi connectivity index (χ3n) is 2.18. The summed E-state index contributed by atoms with van der Waals surface area (Å²) in [5.74, 6) is 0.815. The molecule has 2 aromatic rings. The van der Waals surface area contributed by atoms with Gasteiger partial charge in [-0.25, -0.2) is 0 Å². The van der Waals surface area contributed by atoms with Crippen molar-refractivity contribution in [2.45, 2.75) is 13.0 Å². The van der Waals surface area contributed by atoms with E-state index in [-0.39, 0.29) is 0 Å². The molecule has 2 heteroatoms. The van der Waals surface area contributed by atoms with Crippen LogP contribution in [0, 0.1) is 6.92 Å². The molecule has 0 aliphatic heterocycles. The highest BCUT2D eigenvalue weighted by Crippen LogP contribution is 2.22. The minimum absolute atomic E-state index is 0.589. The largest absolute Gasteiger partial charge is 0.469 e. The Bertz CT molecular complexity index is 403. The van der Waals surface area contributed by atoms with Crippen LogP contribution in [0.4, 0.5) is 0 Å². The van der Waals surface area contributed by atoms with E-state index in [1.165, 1.54) is 0 Å². The first kappa shape index (κ1) is 9.03. The minimum atomic E-state index is -0.589. The van der Waals surface area contributed by atoms with Gasteiger partial charge in [0.15, 0.2) is 0 Å². The molecule has 1 unspecified atom stereocenters. The Labute approximate surface area is 82.8 Å². The van der Waals surface area contributed by atoms with Gasteiger partial charge in [-0.3, -0.25) is 0 Å². The van der Waals surface area contributed by atoms with Crippen molar-refractivity contribution in [3.05, 3.63) is 59.5 Å². The van der Waals surface area contributed by atoms with Gasteiger partial charge in [-0.15, -0.1) is 0 Å². The number of aliphatic hydroxyl groups is 1. The fraction of sp³-hybridized carbons (Fsp3) is 0.167. The predicted molar refractivity (Wildman–Crippen MR) is 53.9 cm³/mol. The third-order valence-corrected chi connectivity index (χ3v) is 2.18. The standard InChI is InChI=1S/C12H12O2/c1-9-7-11(8-14-9)12(13)10-5-3-2-4-6-10/h2-8,12-13H,1H3. The van der Waals surface area contributed by atoms with Gasteiger partial charge in [-0.05, 0) is 18.6 Å². The molecule has 0 saturated heterocycles. The van der Waals surface area contributed by atoms with Crippen LogP contribution in [-0.2, 0) is 0 Å². The number of rotatable bonds is 2. The minimum Gasteiger partial charge on any atom is -0.469 e. The summed E-state index contributed by atoms with van der Waals surface area (Å²) in [5, 5.41) is 9.95. The first-order valence-corrected chi connectivity index (χ1v) is 4.55. The van der Waals surface area contributed by atoms with Gasteiger partial charge >= 0.3 is 0 Å². The Hall–Kier alpha value is -1.54. The molecule has 0 bridgehead atoms. The first-order valence-electron chi connectivity index (χ1n) is 4.55. The van der Waals surface area contributed by atoms with Crippen LogP contribution in [0.3, 0.4) is 0 Å². The van der Waals surface area contributed by atoms with Crippen molar-refractivity contribution in [1.82, 2.24) is 0 Å². The van der Waals surface area contributed by atoms with Crippen molar-refractivity contribution in [2.24, 2.45) is 0 Å². The van der Waals surface area contributed by atoms with Gasteiger partial charge in [-0.1, -0.05) is 30.3 Å². The topological polar surface area (TPSA) is 33.4 Å². The average Bonchev–Trinajstić information content (AvgIpc) is 2.65. The average molecular weight is 188 g/mol. The van der Waals surface area contributed by atoms with Gasteiger partial charge in [0, 0.05) is 5.56 Å². The predicted octanol–water partition coefficient (Wildman–Crippen LogP) is 2.67. The molecule has 1 aromatic carbocycles.